The fourth-order valence-electron chi connectivity index (χ4n) is 4.66. The highest BCUT2D eigenvalue weighted by atomic mass is 19.1. The highest BCUT2D eigenvalue weighted by Gasteiger charge is 2.53. The van der Waals surface area contributed by atoms with E-state index in [4.69, 9.17) is 0 Å². The molecule has 6 nitrogen and oxygen atoms in total. The van der Waals surface area contributed by atoms with Crippen molar-refractivity contribution in [2.45, 2.75) is 37.6 Å². The van der Waals surface area contributed by atoms with Gasteiger partial charge in [-0.05, 0) is 61.4 Å². The first kappa shape index (κ1) is 20.5. The molecule has 1 aliphatic carbocycles. The Labute approximate surface area is 185 Å². The van der Waals surface area contributed by atoms with Crippen molar-refractivity contribution in [1.82, 2.24) is 19.4 Å². The standard InChI is InChI=1S/C25H25FN4O2/c26-21-3-1-20(2-4-21)25(9-10-25)24(32)29-13-7-18(8-14-29)16-30-17-28-22(15-23(30)31)19-5-11-27-12-6-19/h1-6,11-12,15,17-18H,7-10,13-14,16H2. The molecule has 3 heterocycles. The zero-order chi connectivity index (χ0) is 22.1. The largest absolute Gasteiger partial charge is 0.342 e. The number of aromatic nitrogens is 3. The minimum Gasteiger partial charge on any atom is -0.342 e. The van der Waals surface area contributed by atoms with Gasteiger partial charge in [0, 0.05) is 43.7 Å². The molecular formula is C25H25FN4O2. The van der Waals surface area contributed by atoms with E-state index in [-0.39, 0.29) is 17.3 Å². The molecule has 5 rings (SSSR count). The summed E-state index contributed by atoms with van der Waals surface area (Å²) in [5, 5.41) is 0. The number of carbonyl (C=O) groups excluding carboxylic acids is 1. The van der Waals surface area contributed by atoms with E-state index in [2.05, 4.69) is 9.97 Å². The molecule has 7 heteroatoms. The van der Waals surface area contributed by atoms with Crippen LogP contribution in [-0.4, -0.2) is 38.4 Å². The van der Waals surface area contributed by atoms with Gasteiger partial charge in [0.1, 0.15) is 5.82 Å². The van der Waals surface area contributed by atoms with Crippen molar-refractivity contribution < 1.29 is 9.18 Å². The molecule has 1 saturated heterocycles. The van der Waals surface area contributed by atoms with Crippen LogP contribution in [0.25, 0.3) is 11.3 Å². The lowest BCUT2D eigenvalue weighted by Gasteiger charge is -2.34. The van der Waals surface area contributed by atoms with Gasteiger partial charge >= 0.3 is 0 Å². The number of hydrogen-bond acceptors (Lipinski definition) is 4. The number of piperidine rings is 1. The lowest BCUT2D eigenvalue weighted by atomic mass is 9.91. The van der Waals surface area contributed by atoms with Gasteiger partial charge in [-0.25, -0.2) is 9.37 Å². The SMILES string of the molecule is O=C(N1CCC(Cn2cnc(-c3ccncc3)cc2=O)CC1)C1(c2ccc(F)cc2)CC1. The zero-order valence-electron chi connectivity index (χ0n) is 17.8. The molecule has 3 aromatic rings. The predicted molar refractivity (Wildman–Crippen MR) is 118 cm³/mol. The number of benzene rings is 1. The summed E-state index contributed by atoms with van der Waals surface area (Å²) in [4.78, 5) is 36.2. The average molecular weight is 432 g/mol. The van der Waals surface area contributed by atoms with Crippen molar-refractivity contribution >= 4 is 5.91 Å². The smallest absolute Gasteiger partial charge is 0.253 e. The molecule has 1 saturated carbocycles. The normalized spacial score (nSPS) is 17.8. The first-order valence-electron chi connectivity index (χ1n) is 11.1. The Balaban J connectivity index is 1.21. The van der Waals surface area contributed by atoms with Crippen LogP contribution in [0.15, 0.2) is 66.0 Å². The van der Waals surface area contributed by atoms with Gasteiger partial charge in [0.15, 0.2) is 0 Å². The molecule has 1 aliphatic heterocycles. The maximum atomic E-state index is 13.3. The molecule has 0 radical (unpaired) electrons. The maximum absolute atomic E-state index is 13.3. The molecule has 1 aromatic carbocycles. The molecule has 164 valence electrons. The molecule has 0 spiro atoms. The molecule has 2 aliphatic rings. The number of pyridine rings is 1. The van der Waals surface area contributed by atoms with E-state index in [0.29, 0.717) is 31.2 Å². The number of halogens is 1. The summed E-state index contributed by atoms with van der Waals surface area (Å²) >= 11 is 0. The monoisotopic (exact) mass is 432 g/mol. The molecule has 0 unspecified atom stereocenters. The van der Waals surface area contributed by atoms with Crippen molar-refractivity contribution in [3.05, 3.63) is 82.9 Å². The van der Waals surface area contributed by atoms with E-state index < -0.39 is 5.41 Å². The van der Waals surface area contributed by atoms with E-state index >= 15 is 0 Å². The summed E-state index contributed by atoms with van der Waals surface area (Å²) in [5.74, 6) is 0.200. The van der Waals surface area contributed by atoms with E-state index in [1.165, 1.54) is 12.1 Å². The van der Waals surface area contributed by atoms with Gasteiger partial charge < -0.3 is 4.90 Å². The Kier molecular flexibility index (Phi) is 5.33. The van der Waals surface area contributed by atoms with Crippen molar-refractivity contribution in [3.8, 4) is 11.3 Å². The van der Waals surface area contributed by atoms with Gasteiger partial charge in [-0.2, -0.15) is 0 Å². The Bertz CT molecular complexity index is 1160. The Morgan fingerprint density at radius 3 is 2.38 bits per heavy atom. The molecular weight excluding hydrogens is 407 g/mol. The van der Waals surface area contributed by atoms with Gasteiger partial charge in [0.05, 0.1) is 17.4 Å². The predicted octanol–water partition coefficient (Wildman–Crippen LogP) is 3.41. The highest BCUT2D eigenvalue weighted by Crippen LogP contribution is 2.50. The van der Waals surface area contributed by atoms with Gasteiger partial charge in [-0.3, -0.25) is 19.1 Å². The van der Waals surface area contributed by atoms with Crippen molar-refractivity contribution in [1.29, 1.82) is 0 Å². The molecule has 32 heavy (non-hydrogen) atoms. The van der Waals surface area contributed by atoms with Gasteiger partial charge in [0.2, 0.25) is 5.91 Å². The summed E-state index contributed by atoms with van der Waals surface area (Å²) < 4.78 is 14.9. The Morgan fingerprint density at radius 2 is 1.75 bits per heavy atom. The number of amides is 1. The van der Waals surface area contributed by atoms with E-state index in [1.54, 1.807) is 41.5 Å². The van der Waals surface area contributed by atoms with Crippen molar-refractivity contribution in [2.24, 2.45) is 5.92 Å². The highest BCUT2D eigenvalue weighted by molar-refractivity contribution is 5.91. The van der Waals surface area contributed by atoms with Crippen molar-refractivity contribution in [3.63, 3.8) is 0 Å². The first-order chi connectivity index (χ1) is 15.5. The van der Waals surface area contributed by atoms with Crippen LogP contribution in [0.5, 0.6) is 0 Å². The molecule has 0 atom stereocenters. The molecule has 2 fully saturated rings. The molecule has 0 bridgehead atoms. The number of nitrogens with zero attached hydrogens (tertiary/aromatic N) is 4. The average Bonchev–Trinajstić information content (AvgIpc) is 3.63. The number of likely N-dealkylation sites (tertiary alicyclic amines) is 1. The van der Waals surface area contributed by atoms with Crippen molar-refractivity contribution in [2.75, 3.05) is 13.1 Å². The molecule has 2 aromatic heterocycles. The van der Waals surface area contributed by atoms with E-state index in [0.717, 1.165) is 36.8 Å². The van der Waals surface area contributed by atoms with Crippen LogP contribution in [0, 0.1) is 11.7 Å². The summed E-state index contributed by atoms with van der Waals surface area (Å²) in [6, 6.07) is 11.6. The summed E-state index contributed by atoms with van der Waals surface area (Å²) in [6.07, 6.45) is 8.32. The van der Waals surface area contributed by atoms with Crippen LogP contribution < -0.4 is 5.56 Å². The van der Waals surface area contributed by atoms with Crippen LogP contribution in [0.1, 0.15) is 31.2 Å². The van der Waals surface area contributed by atoms with E-state index in [1.807, 2.05) is 17.0 Å². The third-order valence-corrected chi connectivity index (χ3v) is 6.77. The van der Waals surface area contributed by atoms with Crippen LogP contribution in [-0.2, 0) is 16.8 Å². The summed E-state index contributed by atoms with van der Waals surface area (Å²) in [5.41, 5.74) is 1.89. The molecule has 0 N–H and O–H groups in total. The quantitative estimate of drug-likeness (QED) is 0.620. The second-order valence-electron chi connectivity index (χ2n) is 8.83. The fourth-order valence-corrected chi connectivity index (χ4v) is 4.66. The van der Waals surface area contributed by atoms with Crippen LogP contribution in [0.3, 0.4) is 0 Å². The van der Waals surface area contributed by atoms with Gasteiger partial charge in [-0.1, -0.05) is 12.1 Å². The first-order valence-corrected chi connectivity index (χ1v) is 11.1. The van der Waals surface area contributed by atoms with Crippen LogP contribution in [0.4, 0.5) is 4.39 Å². The van der Waals surface area contributed by atoms with Crippen LogP contribution in [0.2, 0.25) is 0 Å². The third-order valence-electron chi connectivity index (χ3n) is 6.77. The number of rotatable bonds is 5. The second-order valence-corrected chi connectivity index (χ2v) is 8.83. The molecule has 1 amide bonds. The minimum absolute atomic E-state index is 0.0708. The fraction of sp³-hybridized carbons (Fsp3) is 0.360. The third kappa shape index (κ3) is 3.95. The number of carbonyl (C=O) groups is 1. The van der Waals surface area contributed by atoms with Crippen LogP contribution >= 0.6 is 0 Å². The van der Waals surface area contributed by atoms with Gasteiger partial charge in [0.25, 0.3) is 5.56 Å². The Morgan fingerprint density at radius 1 is 1.06 bits per heavy atom. The van der Waals surface area contributed by atoms with Gasteiger partial charge in [-0.15, -0.1) is 0 Å². The maximum Gasteiger partial charge on any atom is 0.253 e. The topological polar surface area (TPSA) is 68.1 Å². The van der Waals surface area contributed by atoms with E-state index in [9.17, 15) is 14.0 Å². The number of hydrogen-bond donors (Lipinski definition) is 0. The minimum atomic E-state index is -0.468. The summed E-state index contributed by atoms with van der Waals surface area (Å²) in [6.45, 7) is 1.97. The zero-order valence-corrected chi connectivity index (χ0v) is 17.8. The lowest BCUT2D eigenvalue weighted by Crippen LogP contribution is -2.44. The lowest BCUT2D eigenvalue weighted by molar-refractivity contribution is -0.135. The Hall–Kier alpha value is -3.35. The second kappa shape index (κ2) is 8.30. The summed E-state index contributed by atoms with van der Waals surface area (Å²) in [7, 11) is 0.